The van der Waals surface area contributed by atoms with Gasteiger partial charge in [0.05, 0.1) is 0 Å². The van der Waals surface area contributed by atoms with Gasteiger partial charge in [0.15, 0.2) is 0 Å². The van der Waals surface area contributed by atoms with Crippen molar-refractivity contribution in [3.8, 4) is 0 Å². The van der Waals surface area contributed by atoms with Crippen molar-refractivity contribution in [2.75, 3.05) is 26.3 Å². The molecule has 0 spiro atoms. The smallest absolute Gasteiger partial charge is 0.229 e. The highest BCUT2D eigenvalue weighted by molar-refractivity contribution is 4.79. The van der Waals surface area contributed by atoms with Crippen LogP contribution in [-0.4, -0.2) is 37.1 Å². The zero-order chi connectivity index (χ0) is 9.73. The molecule has 0 saturated carbocycles. The molecule has 0 radical (unpaired) electrons. The number of hydrogen-bond acceptors (Lipinski definition) is 3. The standard InChI is InChI=1S/C10H21NO2/c1-4-11-9-7-8-10(11,12-5-2)13-6-3/h4-9H2,1-3H3. The van der Waals surface area contributed by atoms with Crippen LogP contribution in [-0.2, 0) is 9.47 Å². The Balaban J connectivity index is 2.62. The van der Waals surface area contributed by atoms with Gasteiger partial charge in [0.2, 0.25) is 5.91 Å². The van der Waals surface area contributed by atoms with E-state index >= 15 is 0 Å². The Morgan fingerprint density at radius 2 is 1.77 bits per heavy atom. The van der Waals surface area contributed by atoms with Crippen LogP contribution in [0.2, 0.25) is 0 Å². The van der Waals surface area contributed by atoms with Crippen LogP contribution in [0.1, 0.15) is 33.6 Å². The zero-order valence-electron chi connectivity index (χ0n) is 9.01. The minimum atomic E-state index is -0.405. The number of hydrogen-bond donors (Lipinski definition) is 0. The van der Waals surface area contributed by atoms with Crippen LogP contribution in [0, 0.1) is 0 Å². The molecule has 3 nitrogen and oxygen atoms in total. The molecule has 1 aliphatic heterocycles. The molecule has 1 saturated heterocycles. The van der Waals surface area contributed by atoms with Gasteiger partial charge in [-0.2, -0.15) is 0 Å². The van der Waals surface area contributed by atoms with E-state index in [-0.39, 0.29) is 0 Å². The maximum absolute atomic E-state index is 5.74. The summed E-state index contributed by atoms with van der Waals surface area (Å²) in [7, 11) is 0. The van der Waals surface area contributed by atoms with Crippen molar-refractivity contribution in [2.45, 2.75) is 39.5 Å². The van der Waals surface area contributed by atoms with Crippen molar-refractivity contribution in [3.63, 3.8) is 0 Å². The molecule has 1 heterocycles. The molecule has 0 aromatic rings. The highest BCUT2D eigenvalue weighted by Crippen LogP contribution is 2.31. The number of rotatable bonds is 5. The molecule has 0 unspecified atom stereocenters. The fourth-order valence-electron chi connectivity index (χ4n) is 2.04. The van der Waals surface area contributed by atoms with Crippen LogP contribution in [0.15, 0.2) is 0 Å². The summed E-state index contributed by atoms with van der Waals surface area (Å²) in [6, 6.07) is 0. The van der Waals surface area contributed by atoms with Gasteiger partial charge in [-0.05, 0) is 20.3 Å². The van der Waals surface area contributed by atoms with Gasteiger partial charge in [-0.3, -0.25) is 4.90 Å². The lowest BCUT2D eigenvalue weighted by Crippen LogP contribution is -2.48. The summed E-state index contributed by atoms with van der Waals surface area (Å²) in [5.74, 6) is -0.405. The number of nitrogens with zero attached hydrogens (tertiary/aromatic N) is 1. The van der Waals surface area contributed by atoms with Crippen LogP contribution >= 0.6 is 0 Å². The molecule has 1 fully saturated rings. The summed E-state index contributed by atoms with van der Waals surface area (Å²) >= 11 is 0. The Morgan fingerprint density at radius 3 is 2.23 bits per heavy atom. The molecule has 0 aromatic carbocycles. The molecular formula is C10H21NO2. The fraction of sp³-hybridized carbons (Fsp3) is 1.00. The lowest BCUT2D eigenvalue weighted by atomic mass is 10.3. The van der Waals surface area contributed by atoms with E-state index in [2.05, 4.69) is 11.8 Å². The third-order valence-electron chi connectivity index (χ3n) is 2.52. The van der Waals surface area contributed by atoms with E-state index < -0.39 is 5.91 Å². The van der Waals surface area contributed by atoms with E-state index in [1.165, 1.54) is 6.42 Å². The lowest BCUT2D eigenvalue weighted by molar-refractivity contribution is -0.299. The molecule has 0 bridgehead atoms. The fourth-order valence-corrected chi connectivity index (χ4v) is 2.04. The monoisotopic (exact) mass is 187 g/mol. The first-order valence-electron chi connectivity index (χ1n) is 5.32. The highest BCUT2D eigenvalue weighted by atomic mass is 16.7. The minimum Gasteiger partial charge on any atom is -0.338 e. The van der Waals surface area contributed by atoms with Gasteiger partial charge in [0.25, 0.3) is 0 Å². The van der Waals surface area contributed by atoms with Crippen molar-refractivity contribution in [3.05, 3.63) is 0 Å². The Bertz CT molecular complexity index is 144. The Morgan fingerprint density at radius 1 is 1.15 bits per heavy atom. The average Bonchev–Trinajstić information content (AvgIpc) is 2.49. The first kappa shape index (κ1) is 11.0. The predicted molar refractivity (Wildman–Crippen MR) is 52.5 cm³/mol. The van der Waals surface area contributed by atoms with E-state index in [1.54, 1.807) is 0 Å². The number of ether oxygens (including phenoxy) is 2. The SMILES string of the molecule is CCOC1(OCC)CCCN1CC. The van der Waals surface area contributed by atoms with Crippen LogP contribution in [0.3, 0.4) is 0 Å². The second-order valence-corrected chi connectivity index (χ2v) is 3.26. The normalized spacial score (nSPS) is 22.4. The summed E-state index contributed by atoms with van der Waals surface area (Å²) in [6.45, 7) is 9.72. The zero-order valence-corrected chi connectivity index (χ0v) is 9.01. The quantitative estimate of drug-likeness (QED) is 0.613. The van der Waals surface area contributed by atoms with Gasteiger partial charge in [-0.15, -0.1) is 0 Å². The maximum atomic E-state index is 5.74. The summed E-state index contributed by atoms with van der Waals surface area (Å²) < 4.78 is 11.5. The van der Waals surface area contributed by atoms with Crippen LogP contribution in [0.5, 0.6) is 0 Å². The van der Waals surface area contributed by atoms with E-state index in [9.17, 15) is 0 Å². The van der Waals surface area contributed by atoms with Crippen LogP contribution < -0.4 is 0 Å². The highest BCUT2D eigenvalue weighted by Gasteiger charge is 2.41. The van der Waals surface area contributed by atoms with E-state index in [0.29, 0.717) is 0 Å². The summed E-state index contributed by atoms with van der Waals surface area (Å²) in [6.07, 6.45) is 2.18. The Hall–Kier alpha value is -0.120. The van der Waals surface area contributed by atoms with E-state index in [4.69, 9.17) is 9.47 Å². The molecule has 13 heavy (non-hydrogen) atoms. The summed E-state index contributed by atoms with van der Waals surface area (Å²) in [5, 5.41) is 0. The molecule has 1 aliphatic rings. The lowest BCUT2D eigenvalue weighted by Gasteiger charge is -2.36. The van der Waals surface area contributed by atoms with Crippen molar-refractivity contribution >= 4 is 0 Å². The third-order valence-corrected chi connectivity index (χ3v) is 2.52. The first-order valence-corrected chi connectivity index (χ1v) is 5.32. The van der Waals surface area contributed by atoms with Crippen molar-refractivity contribution in [2.24, 2.45) is 0 Å². The second kappa shape index (κ2) is 4.94. The Kier molecular flexibility index (Phi) is 4.16. The molecular weight excluding hydrogens is 166 g/mol. The van der Waals surface area contributed by atoms with Crippen molar-refractivity contribution in [1.29, 1.82) is 0 Å². The molecule has 0 aliphatic carbocycles. The third kappa shape index (κ3) is 2.22. The molecule has 0 aromatic heterocycles. The number of likely N-dealkylation sites (tertiary alicyclic amines) is 1. The summed E-state index contributed by atoms with van der Waals surface area (Å²) in [5.41, 5.74) is 0. The van der Waals surface area contributed by atoms with Gasteiger partial charge in [0, 0.05) is 32.7 Å². The molecule has 78 valence electrons. The molecule has 0 atom stereocenters. The Labute approximate surface area is 81.0 Å². The second-order valence-electron chi connectivity index (χ2n) is 3.26. The first-order chi connectivity index (χ1) is 6.29. The van der Waals surface area contributed by atoms with Crippen molar-refractivity contribution < 1.29 is 9.47 Å². The van der Waals surface area contributed by atoms with Crippen molar-refractivity contribution in [1.82, 2.24) is 4.90 Å². The van der Waals surface area contributed by atoms with E-state index in [0.717, 1.165) is 32.7 Å². The van der Waals surface area contributed by atoms with Gasteiger partial charge in [0.1, 0.15) is 0 Å². The molecule has 0 amide bonds. The van der Waals surface area contributed by atoms with Crippen LogP contribution in [0.25, 0.3) is 0 Å². The van der Waals surface area contributed by atoms with Gasteiger partial charge < -0.3 is 9.47 Å². The average molecular weight is 187 g/mol. The molecule has 3 heteroatoms. The summed E-state index contributed by atoms with van der Waals surface area (Å²) in [4.78, 5) is 2.28. The van der Waals surface area contributed by atoms with Gasteiger partial charge >= 0.3 is 0 Å². The van der Waals surface area contributed by atoms with Gasteiger partial charge in [-0.25, -0.2) is 0 Å². The maximum Gasteiger partial charge on any atom is 0.229 e. The largest absolute Gasteiger partial charge is 0.338 e. The van der Waals surface area contributed by atoms with Crippen LogP contribution in [0.4, 0.5) is 0 Å². The van der Waals surface area contributed by atoms with Gasteiger partial charge in [-0.1, -0.05) is 6.92 Å². The minimum absolute atomic E-state index is 0.405. The topological polar surface area (TPSA) is 21.7 Å². The predicted octanol–water partition coefficient (Wildman–Crippen LogP) is 1.83. The van der Waals surface area contributed by atoms with E-state index in [1.807, 2.05) is 13.8 Å². The molecule has 1 rings (SSSR count). The molecule has 0 N–H and O–H groups in total.